The molecule has 0 unspecified atom stereocenters. The van der Waals surface area contributed by atoms with Crippen molar-refractivity contribution in [3.8, 4) is 0 Å². The molecule has 0 saturated heterocycles. The van der Waals surface area contributed by atoms with E-state index in [4.69, 9.17) is 0 Å². The molecule has 0 aromatic rings. The van der Waals surface area contributed by atoms with Gasteiger partial charge in [-0.15, -0.1) is 3.89 Å². The van der Waals surface area contributed by atoms with E-state index in [-0.39, 0.29) is 5.75 Å². The molecule has 0 fully saturated rings. The van der Waals surface area contributed by atoms with Gasteiger partial charge in [0.1, 0.15) is 0 Å². The summed E-state index contributed by atoms with van der Waals surface area (Å²) in [5.74, 6) is -0.981. The van der Waals surface area contributed by atoms with Crippen LogP contribution in [0.25, 0.3) is 0 Å². The van der Waals surface area contributed by atoms with Crippen molar-refractivity contribution >= 4 is 20.2 Å². The van der Waals surface area contributed by atoms with Gasteiger partial charge in [0.2, 0.25) is 10.0 Å². The zero-order valence-corrected chi connectivity index (χ0v) is 8.08. The fourth-order valence-electron chi connectivity index (χ4n) is 0.421. The van der Waals surface area contributed by atoms with Gasteiger partial charge in [0.25, 0.3) is 0 Å². The third kappa shape index (κ3) is 6.50. The number of halogens is 1. The minimum atomic E-state index is -4.58. The standard InChI is InChI=1S/C4H10FNO4S2/c1-2-12(9,10)6-3-4-11(5,7)8/h6H,2-4H2,1H3. The normalized spacial score (nSPS) is 13.2. The highest BCUT2D eigenvalue weighted by atomic mass is 32.3. The van der Waals surface area contributed by atoms with Gasteiger partial charge in [0.05, 0.1) is 11.5 Å². The molecule has 12 heavy (non-hydrogen) atoms. The Bertz CT molecular complexity index is 319. The van der Waals surface area contributed by atoms with Crippen LogP contribution in [-0.2, 0) is 20.2 Å². The van der Waals surface area contributed by atoms with Gasteiger partial charge >= 0.3 is 10.2 Å². The molecule has 0 radical (unpaired) electrons. The smallest absolute Gasteiger partial charge is 0.214 e. The van der Waals surface area contributed by atoms with Crippen molar-refractivity contribution < 1.29 is 20.7 Å². The van der Waals surface area contributed by atoms with Crippen molar-refractivity contribution in [1.29, 1.82) is 0 Å². The van der Waals surface area contributed by atoms with Crippen LogP contribution in [0.4, 0.5) is 3.89 Å². The lowest BCUT2D eigenvalue weighted by Crippen LogP contribution is -2.29. The topological polar surface area (TPSA) is 80.3 Å². The molecule has 0 rings (SSSR count). The number of sulfonamides is 1. The minimum Gasteiger partial charge on any atom is -0.214 e. The quantitative estimate of drug-likeness (QED) is 0.615. The maximum absolute atomic E-state index is 11.8. The molecule has 1 N–H and O–H groups in total. The molecular weight excluding hydrogens is 209 g/mol. The molecule has 0 atom stereocenters. The molecule has 0 aromatic heterocycles. The van der Waals surface area contributed by atoms with Crippen molar-refractivity contribution in [2.24, 2.45) is 0 Å². The Labute approximate surface area is 71.2 Å². The minimum absolute atomic E-state index is 0.153. The first-order chi connectivity index (χ1) is 5.27. The fraction of sp³-hybridized carbons (Fsp3) is 1.00. The van der Waals surface area contributed by atoms with Crippen molar-refractivity contribution in [1.82, 2.24) is 4.72 Å². The van der Waals surface area contributed by atoms with Crippen LogP contribution in [0.1, 0.15) is 6.92 Å². The molecule has 0 heterocycles. The average Bonchev–Trinajstić information content (AvgIpc) is 1.84. The lowest BCUT2D eigenvalue weighted by molar-refractivity contribution is 0.550. The van der Waals surface area contributed by atoms with E-state index in [1.807, 2.05) is 4.72 Å². The predicted molar refractivity (Wildman–Crippen MR) is 42.4 cm³/mol. The van der Waals surface area contributed by atoms with Gasteiger partial charge in [-0.2, -0.15) is 8.42 Å². The molecule has 0 spiro atoms. The van der Waals surface area contributed by atoms with E-state index in [1.54, 1.807) is 0 Å². The van der Waals surface area contributed by atoms with Crippen LogP contribution in [0, 0.1) is 0 Å². The Morgan fingerprint density at radius 3 is 2.08 bits per heavy atom. The van der Waals surface area contributed by atoms with Gasteiger partial charge in [-0.25, -0.2) is 13.1 Å². The second kappa shape index (κ2) is 4.15. The van der Waals surface area contributed by atoms with E-state index in [9.17, 15) is 20.7 Å². The van der Waals surface area contributed by atoms with E-state index in [0.717, 1.165) is 0 Å². The van der Waals surface area contributed by atoms with Crippen molar-refractivity contribution in [3.05, 3.63) is 0 Å². The number of hydrogen-bond donors (Lipinski definition) is 1. The van der Waals surface area contributed by atoms with Crippen molar-refractivity contribution in [2.75, 3.05) is 18.1 Å². The molecule has 8 heteroatoms. The summed E-state index contributed by atoms with van der Waals surface area (Å²) in [5.41, 5.74) is 0. The monoisotopic (exact) mass is 219 g/mol. The molecule has 74 valence electrons. The lowest BCUT2D eigenvalue weighted by Gasteiger charge is -2.00. The van der Waals surface area contributed by atoms with E-state index in [1.165, 1.54) is 6.92 Å². The summed E-state index contributed by atoms with van der Waals surface area (Å²) in [4.78, 5) is 0. The van der Waals surface area contributed by atoms with Crippen LogP contribution in [-0.4, -0.2) is 34.9 Å². The Morgan fingerprint density at radius 1 is 1.25 bits per heavy atom. The zero-order valence-electron chi connectivity index (χ0n) is 6.45. The highest BCUT2D eigenvalue weighted by Crippen LogP contribution is 1.89. The van der Waals surface area contributed by atoms with E-state index < -0.39 is 32.5 Å². The highest BCUT2D eigenvalue weighted by molar-refractivity contribution is 7.89. The van der Waals surface area contributed by atoms with Crippen LogP contribution in [0.3, 0.4) is 0 Å². The lowest BCUT2D eigenvalue weighted by atomic mass is 10.8. The van der Waals surface area contributed by atoms with Crippen LogP contribution in [0.5, 0.6) is 0 Å². The van der Waals surface area contributed by atoms with Crippen LogP contribution >= 0.6 is 0 Å². The van der Waals surface area contributed by atoms with Crippen LogP contribution < -0.4 is 4.72 Å². The molecule has 0 aliphatic carbocycles. The first-order valence-corrected chi connectivity index (χ1v) is 6.37. The summed E-state index contributed by atoms with van der Waals surface area (Å²) in [7, 11) is -8.00. The Morgan fingerprint density at radius 2 is 1.75 bits per heavy atom. The highest BCUT2D eigenvalue weighted by Gasteiger charge is 2.10. The first kappa shape index (κ1) is 11.8. The Hall–Kier alpha value is -0.210. The summed E-state index contributed by atoms with van der Waals surface area (Å²) >= 11 is 0. The summed E-state index contributed by atoms with van der Waals surface area (Å²) in [6, 6.07) is 0. The number of nitrogens with one attached hydrogen (secondary N) is 1. The SMILES string of the molecule is CCS(=O)(=O)NCCS(=O)(=O)F. The van der Waals surface area contributed by atoms with E-state index in [2.05, 4.69) is 0 Å². The van der Waals surface area contributed by atoms with Crippen LogP contribution in [0.15, 0.2) is 0 Å². The van der Waals surface area contributed by atoms with Gasteiger partial charge in [-0.3, -0.25) is 0 Å². The third-order valence-corrected chi connectivity index (χ3v) is 3.14. The molecular formula is C4H10FNO4S2. The Kier molecular flexibility index (Phi) is 4.08. The van der Waals surface area contributed by atoms with Crippen molar-refractivity contribution in [2.45, 2.75) is 6.92 Å². The second-order valence-corrected chi connectivity index (χ2v) is 5.62. The average molecular weight is 219 g/mol. The van der Waals surface area contributed by atoms with Crippen molar-refractivity contribution in [3.63, 3.8) is 0 Å². The van der Waals surface area contributed by atoms with Gasteiger partial charge in [0, 0.05) is 6.54 Å². The zero-order chi connectivity index (χ0) is 9.83. The second-order valence-electron chi connectivity index (χ2n) is 2.04. The van der Waals surface area contributed by atoms with Gasteiger partial charge in [0.15, 0.2) is 0 Å². The summed E-state index contributed by atoms with van der Waals surface area (Å²) in [6.45, 7) is 0.973. The van der Waals surface area contributed by atoms with Gasteiger partial charge in [-0.05, 0) is 6.92 Å². The molecule has 0 saturated carbocycles. The number of rotatable bonds is 5. The van der Waals surface area contributed by atoms with E-state index in [0.29, 0.717) is 0 Å². The summed E-state index contributed by atoms with van der Waals surface area (Å²) < 4.78 is 54.8. The van der Waals surface area contributed by atoms with Gasteiger partial charge < -0.3 is 0 Å². The van der Waals surface area contributed by atoms with E-state index >= 15 is 0 Å². The first-order valence-electron chi connectivity index (χ1n) is 3.16. The molecule has 0 aromatic carbocycles. The molecule has 0 aliphatic heterocycles. The maximum Gasteiger partial charge on any atom is 0.303 e. The Balaban J connectivity index is 3.89. The summed E-state index contributed by atoms with van der Waals surface area (Å²) in [5, 5.41) is 0. The third-order valence-electron chi connectivity index (χ3n) is 1.05. The largest absolute Gasteiger partial charge is 0.303 e. The molecule has 0 aliphatic rings. The molecule has 0 bridgehead atoms. The summed E-state index contributed by atoms with van der Waals surface area (Å²) in [6.07, 6.45) is 0. The van der Waals surface area contributed by atoms with Crippen LogP contribution in [0.2, 0.25) is 0 Å². The van der Waals surface area contributed by atoms with Gasteiger partial charge in [-0.1, -0.05) is 0 Å². The fourth-order valence-corrected chi connectivity index (χ4v) is 1.51. The maximum atomic E-state index is 11.8. The number of hydrogen-bond acceptors (Lipinski definition) is 4. The molecule has 5 nitrogen and oxygen atoms in total. The predicted octanol–water partition coefficient (Wildman–Crippen LogP) is -0.775. The molecule has 0 amide bonds.